The van der Waals surface area contributed by atoms with Gasteiger partial charge >= 0.3 is 0 Å². The van der Waals surface area contributed by atoms with Crippen LogP contribution in [-0.2, 0) is 11.3 Å². The number of hydrogen-bond donors (Lipinski definition) is 2. The smallest absolute Gasteiger partial charge is 0.279 e. The van der Waals surface area contributed by atoms with Gasteiger partial charge in [0.2, 0.25) is 0 Å². The summed E-state index contributed by atoms with van der Waals surface area (Å²) in [5, 5.41) is 4.87. The average molecular weight is 353 g/mol. The number of carbonyl (C=O) groups excluding carboxylic acids is 1. The predicted octanol–water partition coefficient (Wildman–Crippen LogP) is 2.64. The van der Waals surface area contributed by atoms with Gasteiger partial charge in [-0.2, -0.15) is 0 Å². The van der Waals surface area contributed by atoms with Crippen molar-refractivity contribution >= 4 is 22.4 Å². The van der Waals surface area contributed by atoms with Gasteiger partial charge in [0.1, 0.15) is 18.1 Å². The minimum absolute atomic E-state index is 0.210. The zero-order valence-corrected chi connectivity index (χ0v) is 14.9. The summed E-state index contributed by atoms with van der Waals surface area (Å²) in [4.78, 5) is 13.2. The fraction of sp³-hybridized carbons (Fsp3) is 0.190. The molecule has 4 nitrogen and oxygen atoms in total. The Kier molecular flexibility index (Phi) is 5.49. The van der Waals surface area contributed by atoms with Crippen LogP contribution < -0.4 is 15.0 Å². The first-order valence-electron chi connectivity index (χ1n) is 8.47. The lowest BCUT2D eigenvalue weighted by atomic mass is 10.1. The summed E-state index contributed by atoms with van der Waals surface area (Å²) in [7, 11) is 3.60. The normalized spacial score (nSPS) is 12.0. The number of nitrogens with one attached hydrogen (secondary N) is 2. The average Bonchev–Trinajstić information content (AvgIpc) is 2.63. The summed E-state index contributed by atoms with van der Waals surface area (Å²) in [5.74, 6) is 0.194. The van der Waals surface area contributed by atoms with Crippen LogP contribution in [0.2, 0.25) is 0 Å². The predicted molar refractivity (Wildman–Crippen MR) is 101 cm³/mol. The fourth-order valence-electron chi connectivity index (χ4n) is 2.95. The molecule has 0 bridgehead atoms. The van der Waals surface area contributed by atoms with Crippen LogP contribution in [0.15, 0.2) is 60.7 Å². The van der Waals surface area contributed by atoms with Crippen LogP contribution in [-0.4, -0.2) is 26.6 Å². The third kappa shape index (κ3) is 4.37. The molecular formula is C21H22FN2O2+. The van der Waals surface area contributed by atoms with E-state index in [1.54, 1.807) is 25.3 Å². The van der Waals surface area contributed by atoms with Gasteiger partial charge in [-0.1, -0.05) is 30.3 Å². The maximum Gasteiger partial charge on any atom is 0.279 e. The highest BCUT2D eigenvalue weighted by Gasteiger charge is 2.13. The molecule has 3 rings (SSSR count). The molecule has 0 aliphatic rings. The third-order valence-electron chi connectivity index (χ3n) is 4.23. The van der Waals surface area contributed by atoms with E-state index in [9.17, 15) is 9.18 Å². The van der Waals surface area contributed by atoms with Crippen LogP contribution in [0.5, 0.6) is 5.75 Å². The molecule has 3 aromatic carbocycles. The van der Waals surface area contributed by atoms with Crippen LogP contribution in [0.3, 0.4) is 0 Å². The quantitative estimate of drug-likeness (QED) is 0.715. The van der Waals surface area contributed by atoms with E-state index in [1.165, 1.54) is 6.07 Å². The minimum Gasteiger partial charge on any atom is -0.497 e. The molecule has 0 aromatic heterocycles. The number of hydrogen-bond acceptors (Lipinski definition) is 2. The maximum atomic E-state index is 13.6. The zero-order valence-electron chi connectivity index (χ0n) is 14.9. The Morgan fingerprint density at radius 1 is 1.08 bits per heavy atom. The number of halogens is 1. The van der Waals surface area contributed by atoms with Gasteiger partial charge in [-0.05, 0) is 41.1 Å². The van der Waals surface area contributed by atoms with E-state index in [2.05, 4.69) is 23.5 Å². The van der Waals surface area contributed by atoms with Crippen molar-refractivity contribution in [3.05, 3.63) is 72.0 Å². The Labute approximate surface area is 152 Å². The van der Waals surface area contributed by atoms with Gasteiger partial charge in [0.25, 0.3) is 5.91 Å². The molecule has 0 aliphatic heterocycles. The molecule has 0 radical (unpaired) electrons. The first kappa shape index (κ1) is 17.9. The summed E-state index contributed by atoms with van der Waals surface area (Å²) in [6.45, 7) is 0.960. The molecule has 1 unspecified atom stereocenters. The van der Waals surface area contributed by atoms with Gasteiger partial charge in [0.05, 0.1) is 19.8 Å². The summed E-state index contributed by atoms with van der Waals surface area (Å²) in [5.41, 5.74) is 1.35. The van der Waals surface area contributed by atoms with Gasteiger partial charge in [0.15, 0.2) is 6.54 Å². The monoisotopic (exact) mass is 353 g/mol. The fourth-order valence-corrected chi connectivity index (χ4v) is 2.95. The number of rotatable bonds is 6. The van der Waals surface area contributed by atoms with E-state index in [4.69, 9.17) is 4.74 Å². The van der Waals surface area contributed by atoms with Crippen LogP contribution in [0, 0.1) is 5.82 Å². The van der Waals surface area contributed by atoms with E-state index in [0.29, 0.717) is 6.54 Å². The van der Waals surface area contributed by atoms with Crippen molar-refractivity contribution in [2.24, 2.45) is 0 Å². The van der Waals surface area contributed by atoms with Crippen LogP contribution in [0.1, 0.15) is 5.56 Å². The van der Waals surface area contributed by atoms with Crippen LogP contribution >= 0.6 is 0 Å². The molecule has 0 saturated carbocycles. The summed E-state index contributed by atoms with van der Waals surface area (Å²) < 4.78 is 18.8. The number of fused-ring (bicyclic) bond motifs is 1. The van der Waals surface area contributed by atoms with E-state index in [-0.39, 0.29) is 18.1 Å². The molecule has 0 saturated heterocycles. The SMILES string of the molecule is COc1ccc2cc(C[NH+](C)CC(=O)Nc3ccccc3F)ccc2c1. The highest BCUT2D eigenvalue weighted by molar-refractivity contribution is 5.91. The number of likely N-dealkylation sites (N-methyl/N-ethyl adjacent to an activating group) is 1. The zero-order chi connectivity index (χ0) is 18.5. The molecule has 1 amide bonds. The topological polar surface area (TPSA) is 42.8 Å². The molecular weight excluding hydrogens is 331 g/mol. The highest BCUT2D eigenvalue weighted by Crippen LogP contribution is 2.21. The van der Waals surface area contributed by atoms with Crippen LogP contribution in [0.25, 0.3) is 10.8 Å². The number of amides is 1. The second-order valence-corrected chi connectivity index (χ2v) is 6.39. The molecule has 26 heavy (non-hydrogen) atoms. The summed E-state index contributed by atoms with van der Waals surface area (Å²) in [6.07, 6.45) is 0. The van der Waals surface area contributed by atoms with Crippen molar-refractivity contribution in [3.63, 3.8) is 0 Å². The summed E-state index contributed by atoms with van der Waals surface area (Å²) in [6, 6.07) is 18.4. The second kappa shape index (κ2) is 7.97. The number of ether oxygens (including phenoxy) is 1. The van der Waals surface area contributed by atoms with Crippen molar-refractivity contribution in [1.29, 1.82) is 0 Å². The molecule has 0 aliphatic carbocycles. The van der Waals surface area contributed by atoms with Crippen LogP contribution in [0.4, 0.5) is 10.1 Å². The second-order valence-electron chi connectivity index (χ2n) is 6.39. The summed E-state index contributed by atoms with van der Waals surface area (Å²) >= 11 is 0. The lowest BCUT2D eigenvalue weighted by Crippen LogP contribution is -3.08. The molecule has 0 heterocycles. The van der Waals surface area contributed by atoms with Gasteiger partial charge in [-0.25, -0.2) is 4.39 Å². The van der Waals surface area contributed by atoms with Gasteiger partial charge in [0, 0.05) is 5.56 Å². The Bertz CT molecular complexity index is 927. The molecule has 134 valence electrons. The first-order chi connectivity index (χ1) is 12.5. The Hall–Kier alpha value is -2.92. The van der Waals surface area contributed by atoms with Gasteiger partial charge in [-0.3, -0.25) is 4.79 Å². The number of benzene rings is 3. The largest absolute Gasteiger partial charge is 0.497 e. The Morgan fingerprint density at radius 2 is 1.81 bits per heavy atom. The van der Waals surface area contributed by atoms with Gasteiger partial charge in [-0.15, -0.1) is 0 Å². The first-order valence-corrected chi connectivity index (χ1v) is 8.47. The lowest BCUT2D eigenvalue weighted by Gasteiger charge is -2.14. The lowest BCUT2D eigenvalue weighted by molar-refractivity contribution is -0.885. The molecule has 5 heteroatoms. The van der Waals surface area contributed by atoms with E-state index in [0.717, 1.165) is 27.0 Å². The number of carbonyl (C=O) groups is 1. The number of para-hydroxylation sites is 1. The van der Waals surface area contributed by atoms with Crippen molar-refractivity contribution < 1.29 is 18.8 Å². The van der Waals surface area contributed by atoms with Crippen molar-refractivity contribution in [2.75, 3.05) is 26.0 Å². The minimum atomic E-state index is -0.427. The standard InChI is InChI=1S/C21H21FN2O2/c1-24(14-21(25)23-20-6-4-3-5-19(20)22)13-15-7-8-17-12-18(26-2)10-9-16(17)11-15/h3-12H,13-14H2,1-2H3,(H,23,25)/p+1. The van der Waals surface area contributed by atoms with Crippen molar-refractivity contribution in [3.8, 4) is 5.75 Å². The molecule has 0 spiro atoms. The van der Waals surface area contributed by atoms with E-state index >= 15 is 0 Å². The van der Waals surface area contributed by atoms with Crippen molar-refractivity contribution in [2.45, 2.75) is 6.54 Å². The molecule has 2 N–H and O–H groups in total. The van der Waals surface area contributed by atoms with Crippen molar-refractivity contribution in [1.82, 2.24) is 0 Å². The Balaban J connectivity index is 1.62. The third-order valence-corrected chi connectivity index (χ3v) is 4.23. The van der Waals surface area contributed by atoms with Gasteiger partial charge < -0.3 is 15.0 Å². The molecule has 0 fully saturated rings. The Morgan fingerprint density at radius 3 is 2.58 bits per heavy atom. The highest BCUT2D eigenvalue weighted by atomic mass is 19.1. The number of anilines is 1. The molecule has 3 aromatic rings. The maximum absolute atomic E-state index is 13.6. The van der Waals surface area contributed by atoms with E-state index < -0.39 is 5.82 Å². The molecule has 1 atom stereocenters. The number of methoxy groups -OCH3 is 1. The van der Waals surface area contributed by atoms with E-state index in [1.807, 2.05) is 25.2 Å². The number of quaternary nitrogens is 1.